The Labute approximate surface area is 112 Å². The summed E-state index contributed by atoms with van der Waals surface area (Å²) >= 11 is 3.34. The fraction of sp³-hybridized carbons (Fsp3) is 0.0833. The number of halogens is 1. The third kappa shape index (κ3) is 2.84. The first kappa shape index (κ1) is 12.5. The first-order valence-corrected chi connectivity index (χ1v) is 5.97. The van der Waals surface area contributed by atoms with Gasteiger partial charge < -0.3 is 20.8 Å². The van der Waals surface area contributed by atoms with E-state index in [9.17, 15) is 4.79 Å². The lowest BCUT2D eigenvalue weighted by atomic mass is 10.3. The predicted octanol–water partition coefficient (Wildman–Crippen LogP) is 2.62. The molecule has 2 rings (SSSR count). The van der Waals surface area contributed by atoms with E-state index in [1.54, 1.807) is 31.5 Å². The number of rotatable bonds is 3. The van der Waals surface area contributed by atoms with E-state index in [0.717, 1.165) is 4.47 Å². The number of ether oxygens (including phenoxy) is 1. The van der Waals surface area contributed by atoms with E-state index >= 15 is 0 Å². The SMILES string of the molecule is COc1cc(Br)cc(NC(=O)c2cc(N)c[nH]2)c1. The number of carbonyl (C=O) groups excluding carboxylic acids is 1. The van der Waals surface area contributed by atoms with Gasteiger partial charge in [0.15, 0.2) is 0 Å². The van der Waals surface area contributed by atoms with Crippen molar-refractivity contribution in [1.29, 1.82) is 0 Å². The summed E-state index contributed by atoms with van der Waals surface area (Å²) in [5, 5.41) is 2.75. The van der Waals surface area contributed by atoms with Crippen molar-refractivity contribution in [3.63, 3.8) is 0 Å². The number of aromatic amines is 1. The molecule has 0 fully saturated rings. The van der Waals surface area contributed by atoms with Gasteiger partial charge in [0.1, 0.15) is 11.4 Å². The molecule has 1 aromatic carbocycles. The standard InChI is InChI=1S/C12H12BrN3O2/c1-18-10-3-7(13)2-9(5-10)16-12(17)11-4-8(14)6-15-11/h2-6,15H,14H2,1H3,(H,16,17). The summed E-state index contributed by atoms with van der Waals surface area (Å²) in [6.07, 6.45) is 1.57. The fourth-order valence-electron chi connectivity index (χ4n) is 1.49. The normalized spacial score (nSPS) is 10.1. The summed E-state index contributed by atoms with van der Waals surface area (Å²) < 4.78 is 5.94. The van der Waals surface area contributed by atoms with Crippen LogP contribution in [0.3, 0.4) is 0 Å². The zero-order valence-corrected chi connectivity index (χ0v) is 11.2. The maximum atomic E-state index is 11.9. The molecule has 1 aromatic heterocycles. The molecule has 0 aliphatic carbocycles. The van der Waals surface area contributed by atoms with Crippen molar-refractivity contribution in [2.45, 2.75) is 0 Å². The highest BCUT2D eigenvalue weighted by Gasteiger charge is 2.09. The van der Waals surface area contributed by atoms with Crippen molar-refractivity contribution in [2.24, 2.45) is 0 Å². The van der Waals surface area contributed by atoms with Crippen LogP contribution in [0.25, 0.3) is 0 Å². The molecule has 0 aliphatic heterocycles. The monoisotopic (exact) mass is 309 g/mol. The second-order valence-corrected chi connectivity index (χ2v) is 4.60. The largest absolute Gasteiger partial charge is 0.497 e. The number of amides is 1. The van der Waals surface area contributed by atoms with Crippen LogP contribution in [0.4, 0.5) is 11.4 Å². The van der Waals surface area contributed by atoms with Crippen molar-refractivity contribution < 1.29 is 9.53 Å². The molecule has 0 spiro atoms. The molecule has 94 valence electrons. The van der Waals surface area contributed by atoms with Crippen LogP contribution in [0.5, 0.6) is 5.75 Å². The van der Waals surface area contributed by atoms with Crippen molar-refractivity contribution in [2.75, 3.05) is 18.2 Å². The lowest BCUT2D eigenvalue weighted by Gasteiger charge is -2.07. The number of hydrogen-bond donors (Lipinski definition) is 3. The summed E-state index contributed by atoms with van der Waals surface area (Å²) in [7, 11) is 1.57. The Morgan fingerprint density at radius 2 is 2.17 bits per heavy atom. The smallest absolute Gasteiger partial charge is 0.272 e. The Bertz CT molecular complexity index is 580. The first-order valence-electron chi connectivity index (χ1n) is 5.18. The minimum Gasteiger partial charge on any atom is -0.497 e. The number of aromatic nitrogens is 1. The second-order valence-electron chi connectivity index (χ2n) is 3.68. The van der Waals surface area contributed by atoms with E-state index in [-0.39, 0.29) is 5.91 Å². The molecule has 1 heterocycles. The number of nitrogen functional groups attached to an aromatic ring is 1. The van der Waals surface area contributed by atoms with E-state index in [2.05, 4.69) is 26.2 Å². The van der Waals surface area contributed by atoms with Crippen LogP contribution in [-0.2, 0) is 0 Å². The van der Waals surface area contributed by atoms with Crippen LogP contribution in [0.1, 0.15) is 10.5 Å². The lowest BCUT2D eigenvalue weighted by Crippen LogP contribution is -2.12. The van der Waals surface area contributed by atoms with Crippen LogP contribution in [0.15, 0.2) is 34.9 Å². The zero-order chi connectivity index (χ0) is 13.1. The molecule has 1 amide bonds. The summed E-state index contributed by atoms with van der Waals surface area (Å²) in [4.78, 5) is 14.7. The molecule has 4 N–H and O–H groups in total. The average Bonchev–Trinajstić information content (AvgIpc) is 2.75. The highest BCUT2D eigenvalue weighted by atomic mass is 79.9. The van der Waals surface area contributed by atoms with Crippen LogP contribution in [-0.4, -0.2) is 18.0 Å². The first-order chi connectivity index (χ1) is 8.58. The van der Waals surface area contributed by atoms with E-state index < -0.39 is 0 Å². The maximum Gasteiger partial charge on any atom is 0.272 e. The van der Waals surface area contributed by atoms with E-state index in [1.807, 2.05) is 6.07 Å². The van der Waals surface area contributed by atoms with Crippen LogP contribution in [0, 0.1) is 0 Å². The van der Waals surface area contributed by atoms with Crippen LogP contribution < -0.4 is 15.8 Å². The minimum absolute atomic E-state index is 0.258. The minimum atomic E-state index is -0.258. The van der Waals surface area contributed by atoms with Gasteiger partial charge in [0.25, 0.3) is 5.91 Å². The lowest BCUT2D eigenvalue weighted by molar-refractivity contribution is 0.102. The molecule has 6 heteroatoms. The number of methoxy groups -OCH3 is 1. The van der Waals surface area contributed by atoms with Gasteiger partial charge in [0.05, 0.1) is 7.11 Å². The Morgan fingerprint density at radius 1 is 1.39 bits per heavy atom. The van der Waals surface area contributed by atoms with Gasteiger partial charge in [-0.15, -0.1) is 0 Å². The van der Waals surface area contributed by atoms with Gasteiger partial charge in [-0.1, -0.05) is 15.9 Å². The van der Waals surface area contributed by atoms with E-state index in [1.165, 1.54) is 0 Å². The summed E-state index contributed by atoms with van der Waals surface area (Å²) in [5.41, 5.74) is 7.11. The molecule has 0 radical (unpaired) electrons. The van der Waals surface area contributed by atoms with Gasteiger partial charge in [0, 0.05) is 28.1 Å². The highest BCUT2D eigenvalue weighted by molar-refractivity contribution is 9.10. The number of nitrogens with two attached hydrogens (primary N) is 1. The third-order valence-electron chi connectivity index (χ3n) is 2.31. The fourth-order valence-corrected chi connectivity index (χ4v) is 1.97. The van der Waals surface area contributed by atoms with Crippen molar-refractivity contribution in [3.05, 3.63) is 40.6 Å². The number of nitrogens with one attached hydrogen (secondary N) is 2. The number of benzene rings is 1. The topological polar surface area (TPSA) is 80.1 Å². The van der Waals surface area contributed by atoms with Crippen LogP contribution in [0.2, 0.25) is 0 Å². The molecule has 2 aromatic rings. The van der Waals surface area contributed by atoms with Crippen LogP contribution >= 0.6 is 15.9 Å². The quantitative estimate of drug-likeness (QED) is 0.815. The maximum absolute atomic E-state index is 11.9. The van der Waals surface area contributed by atoms with Crippen molar-refractivity contribution in [3.8, 4) is 5.75 Å². The number of anilines is 2. The Kier molecular flexibility index (Phi) is 3.57. The zero-order valence-electron chi connectivity index (χ0n) is 9.66. The number of hydrogen-bond acceptors (Lipinski definition) is 3. The third-order valence-corrected chi connectivity index (χ3v) is 2.77. The molecule has 0 aliphatic rings. The molecule has 0 unspecified atom stereocenters. The Morgan fingerprint density at radius 3 is 2.78 bits per heavy atom. The summed E-state index contributed by atoms with van der Waals surface area (Å²) in [6, 6.07) is 6.90. The molecule has 0 atom stereocenters. The van der Waals surface area contributed by atoms with Gasteiger partial charge in [0.2, 0.25) is 0 Å². The summed E-state index contributed by atoms with van der Waals surface area (Å²) in [5.74, 6) is 0.400. The molecule has 0 saturated carbocycles. The summed E-state index contributed by atoms with van der Waals surface area (Å²) in [6.45, 7) is 0. The van der Waals surface area contributed by atoms with E-state index in [0.29, 0.717) is 22.8 Å². The Balaban J connectivity index is 2.18. The Hall–Kier alpha value is -1.95. The predicted molar refractivity (Wildman–Crippen MR) is 73.9 cm³/mol. The number of carbonyl (C=O) groups is 1. The number of H-pyrrole nitrogens is 1. The van der Waals surface area contributed by atoms with Gasteiger partial charge in [-0.3, -0.25) is 4.79 Å². The molecular weight excluding hydrogens is 298 g/mol. The second kappa shape index (κ2) is 5.14. The molecule has 18 heavy (non-hydrogen) atoms. The molecule has 5 nitrogen and oxygen atoms in total. The molecule has 0 saturated heterocycles. The van der Waals surface area contributed by atoms with Gasteiger partial charge in [-0.25, -0.2) is 0 Å². The van der Waals surface area contributed by atoms with Crippen molar-refractivity contribution >= 4 is 33.2 Å². The van der Waals surface area contributed by atoms with Crippen molar-refractivity contribution in [1.82, 2.24) is 4.98 Å². The van der Waals surface area contributed by atoms with Gasteiger partial charge in [-0.05, 0) is 18.2 Å². The molecular formula is C12H12BrN3O2. The highest BCUT2D eigenvalue weighted by Crippen LogP contribution is 2.24. The van der Waals surface area contributed by atoms with Gasteiger partial charge >= 0.3 is 0 Å². The molecule has 0 bridgehead atoms. The average molecular weight is 310 g/mol. The van der Waals surface area contributed by atoms with E-state index in [4.69, 9.17) is 10.5 Å². The van der Waals surface area contributed by atoms with Gasteiger partial charge in [-0.2, -0.15) is 0 Å².